The van der Waals surface area contributed by atoms with Crippen molar-refractivity contribution in [1.29, 1.82) is 0 Å². The van der Waals surface area contributed by atoms with E-state index in [0.717, 1.165) is 6.42 Å². The van der Waals surface area contributed by atoms with E-state index in [1.165, 1.54) is 41.1 Å². The molecule has 0 fully saturated rings. The van der Waals surface area contributed by atoms with Gasteiger partial charge in [0.1, 0.15) is 5.01 Å². The van der Waals surface area contributed by atoms with E-state index in [1.807, 2.05) is 11.3 Å². The van der Waals surface area contributed by atoms with Gasteiger partial charge in [-0.25, -0.2) is 4.98 Å². The minimum atomic E-state index is -0.106. The van der Waals surface area contributed by atoms with E-state index in [4.69, 9.17) is 4.98 Å². The Morgan fingerprint density at radius 2 is 2.05 bits per heavy atom. The van der Waals surface area contributed by atoms with Crippen LogP contribution in [-0.4, -0.2) is 12.0 Å². The highest BCUT2D eigenvalue weighted by Crippen LogP contribution is 2.41. The van der Waals surface area contributed by atoms with Gasteiger partial charge in [-0.3, -0.25) is 0 Å². The smallest absolute Gasteiger partial charge is 0.118 e. The standard InChI is InChI=1S/C18H24N2S/c1-13(2)16-12-21-17(20-16)18(19-3)11-7-6-9-14-8-4-5-10-15(14)18/h4-5,8,10,12-13,19H,6-7,9,11H2,1-3H3. The van der Waals surface area contributed by atoms with Crippen LogP contribution < -0.4 is 5.32 Å². The molecule has 3 rings (SSSR count). The first-order valence-corrected chi connectivity index (χ1v) is 8.78. The summed E-state index contributed by atoms with van der Waals surface area (Å²) in [4.78, 5) is 4.97. The van der Waals surface area contributed by atoms with E-state index in [-0.39, 0.29) is 5.54 Å². The molecule has 0 aliphatic heterocycles. The van der Waals surface area contributed by atoms with Crippen LogP contribution in [0.2, 0.25) is 0 Å². The molecule has 3 heteroatoms. The van der Waals surface area contributed by atoms with Crippen LogP contribution in [0.5, 0.6) is 0 Å². The SMILES string of the molecule is CNC1(c2nc(C(C)C)cs2)CCCCc2ccccc21. The summed E-state index contributed by atoms with van der Waals surface area (Å²) in [6.07, 6.45) is 4.82. The second kappa shape index (κ2) is 5.90. The molecular formula is C18H24N2S. The van der Waals surface area contributed by atoms with Crippen LogP contribution in [0.1, 0.15) is 60.9 Å². The highest BCUT2D eigenvalue weighted by Gasteiger charge is 2.38. The minimum absolute atomic E-state index is 0.106. The summed E-state index contributed by atoms with van der Waals surface area (Å²) in [5.41, 5.74) is 4.01. The summed E-state index contributed by atoms with van der Waals surface area (Å²) < 4.78 is 0. The number of nitrogens with zero attached hydrogens (tertiary/aromatic N) is 1. The fourth-order valence-electron chi connectivity index (χ4n) is 3.33. The maximum absolute atomic E-state index is 4.97. The van der Waals surface area contributed by atoms with Gasteiger partial charge in [-0.2, -0.15) is 0 Å². The molecule has 1 aliphatic rings. The summed E-state index contributed by atoms with van der Waals surface area (Å²) in [5.74, 6) is 0.491. The van der Waals surface area contributed by atoms with Crippen molar-refractivity contribution in [2.75, 3.05) is 7.05 Å². The van der Waals surface area contributed by atoms with E-state index < -0.39 is 0 Å². The summed E-state index contributed by atoms with van der Waals surface area (Å²) in [5, 5.41) is 7.08. The average molecular weight is 300 g/mol. The van der Waals surface area contributed by atoms with Crippen molar-refractivity contribution in [2.24, 2.45) is 0 Å². The number of rotatable bonds is 3. The lowest BCUT2D eigenvalue weighted by Gasteiger charge is -2.32. The van der Waals surface area contributed by atoms with Gasteiger partial charge >= 0.3 is 0 Å². The van der Waals surface area contributed by atoms with Crippen LogP contribution in [0.15, 0.2) is 29.6 Å². The van der Waals surface area contributed by atoms with Crippen molar-refractivity contribution < 1.29 is 0 Å². The van der Waals surface area contributed by atoms with Gasteiger partial charge in [0, 0.05) is 5.38 Å². The highest BCUT2D eigenvalue weighted by atomic mass is 32.1. The zero-order chi connectivity index (χ0) is 14.9. The van der Waals surface area contributed by atoms with Crippen LogP contribution >= 0.6 is 11.3 Å². The zero-order valence-electron chi connectivity index (χ0n) is 13.1. The Morgan fingerprint density at radius 3 is 2.76 bits per heavy atom. The average Bonchev–Trinajstić information content (AvgIpc) is 2.92. The Morgan fingerprint density at radius 1 is 1.24 bits per heavy atom. The number of hydrogen-bond donors (Lipinski definition) is 1. The molecule has 1 N–H and O–H groups in total. The van der Waals surface area contributed by atoms with Crippen LogP contribution in [0, 0.1) is 0 Å². The quantitative estimate of drug-likeness (QED) is 0.847. The molecule has 21 heavy (non-hydrogen) atoms. The third kappa shape index (κ3) is 2.53. The van der Waals surface area contributed by atoms with Crippen LogP contribution in [0.25, 0.3) is 0 Å². The van der Waals surface area contributed by atoms with Gasteiger partial charge in [-0.1, -0.05) is 44.5 Å². The molecule has 0 saturated carbocycles. The maximum atomic E-state index is 4.97. The van der Waals surface area contributed by atoms with Gasteiger partial charge < -0.3 is 5.32 Å². The van der Waals surface area contributed by atoms with Gasteiger partial charge in [-0.15, -0.1) is 11.3 Å². The van der Waals surface area contributed by atoms with Crippen molar-refractivity contribution in [3.05, 3.63) is 51.5 Å². The third-order valence-corrected chi connectivity index (χ3v) is 5.65. The number of thiazole rings is 1. The highest BCUT2D eigenvalue weighted by molar-refractivity contribution is 7.09. The molecule has 1 atom stereocenters. The zero-order valence-corrected chi connectivity index (χ0v) is 14.0. The summed E-state index contributed by atoms with van der Waals surface area (Å²) >= 11 is 1.81. The third-order valence-electron chi connectivity index (χ3n) is 4.63. The molecule has 1 aromatic heterocycles. The van der Waals surface area contributed by atoms with E-state index >= 15 is 0 Å². The predicted molar refractivity (Wildman–Crippen MR) is 90.0 cm³/mol. The Balaban J connectivity index is 2.14. The maximum Gasteiger partial charge on any atom is 0.118 e. The van der Waals surface area contributed by atoms with Gasteiger partial charge in [0.2, 0.25) is 0 Å². The predicted octanol–water partition coefficient (Wildman–Crippen LogP) is 4.46. The molecule has 2 nitrogen and oxygen atoms in total. The monoisotopic (exact) mass is 300 g/mol. The first-order valence-electron chi connectivity index (χ1n) is 7.90. The summed E-state index contributed by atoms with van der Waals surface area (Å²) in [6, 6.07) is 8.89. The lowest BCUT2D eigenvalue weighted by Crippen LogP contribution is -2.41. The number of aromatic nitrogens is 1. The van der Waals surface area contributed by atoms with Crippen molar-refractivity contribution >= 4 is 11.3 Å². The first kappa shape index (κ1) is 14.7. The van der Waals surface area contributed by atoms with E-state index in [2.05, 4.69) is 55.9 Å². The Kier molecular flexibility index (Phi) is 4.14. The van der Waals surface area contributed by atoms with Gasteiger partial charge in [0.25, 0.3) is 0 Å². The lowest BCUT2D eigenvalue weighted by molar-refractivity contribution is 0.395. The van der Waals surface area contributed by atoms with Gasteiger partial charge in [0.05, 0.1) is 11.2 Å². The molecule has 112 valence electrons. The lowest BCUT2D eigenvalue weighted by atomic mass is 9.85. The first-order chi connectivity index (χ1) is 10.2. The molecule has 0 bridgehead atoms. The van der Waals surface area contributed by atoms with Crippen molar-refractivity contribution in [3.63, 3.8) is 0 Å². The minimum Gasteiger partial charge on any atom is -0.305 e. The van der Waals surface area contributed by atoms with Gasteiger partial charge in [-0.05, 0) is 43.4 Å². The number of nitrogens with one attached hydrogen (secondary N) is 1. The Labute approximate surface area is 131 Å². The number of hydrogen-bond acceptors (Lipinski definition) is 3. The van der Waals surface area contributed by atoms with Crippen LogP contribution in [0.4, 0.5) is 0 Å². The molecule has 1 aliphatic carbocycles. The fourth-order valence-corrected chi connectivity index (χ4v) is 4.56. The number of aryl methyl sites for hydroxylation is 1. The second-order valence-corrected chi connectivity index (χ2v) is 7.11. The Hall–Kier alpha value is -1.19. The molecule has 0 amide bonds. The molecule has 1 unspecified atom stereocenters. The van der Waals surface area contributed by atoms with Crippen molar-refractivity contribution in [2.45, 2.75) is 51.0 Å². The van der Waals surface area contributed by atoms with Crippen LogP contribution in [0.3, 0.4) is 0 Å². The van der Waals surface area contributed by atoms with E-state index in [0.29, 0.717) is 5.92 Å². The fraction of sp³-hybridized carbons (Fsp3) is 0.500. The van der Waals surface area contributed by atoms with Crippen LogP contribution in [-0.2, 0) is 12.0 Å². The number of benzene rings is 1. The molecule has 1 heterocycles. The molecule has 0 radical (unpaired) electrons. The topological polar surface area (TPSA) is 24.9 Å². The Bertz CT molecular complexity index is 617. The molecule has 2 aromatic rings. The molecule has 0 saturated heterocycles. The van der Waals surface area contributed by atoms with E-state index in [9.17, 15) is 0 Å². The molecule has 0 spiro atoms. The van der Waals surface area contributed by atoms with Crippen molar-refractivity contribution in [3.8, 4) is 0 Å². The van der Waals surface area contributed by atoms with Gasteiger partial charge in [0.15, 0.2) is 0 Å². The van der Waals surface area contributed by atoms with E-state index in [1.54, 1.807) is 0 Å². The number of fused-ring (bicyclic) bond motifs is 1. The summed E-state index contributed by atoms with van der Waals surface area (Å²) in [6.45, 7) is 4.43. The normalized spacial score (nSPS) is 22.1. The van der Waals surface area contributed by atoms with Crippen molar-refractivity contribution in [1.82, 2.24) is 10.3 Å². The molecule has 1 aromatic carbocycles. The molecular weight excluding hydrogens is 276 g/mol. The summed E-state index contributed by atoms with van der Waals surface area (Å²) in [7, 11) is 2.08. The second-order valence-electron chi connectivity index (χ2n) is 6.25. The largest absolute Gasteiger partial charge is 0.305 e.